The van der Waals surface area contributed by atoms with Gasteiger partial charge in [-0.15, -0.1) is 0 Å². The number of rotatable bonds is 9. The molecule has 1 aliphatic rings. The van der Waals surface area contributed by atoms with E-state index in [-0.39, 0.29) is 36.9 Å². The van der Waals surface area contributed by atoms with Gasteiger partial charge in [-0.25, -0.2) is 10.6 Å². The highest BCUT2D eigenvalue weighted by Crippen LogP contribution is 2.37. The number of primary amides is 1. The third-order valence-corrected chi connectivity index (χ3v) is 7.27. The van der Waals surface area contributed by atoms with Crippen molar-refractivity contribution in [3.8, 4) is 17.6 Å². The molecule has 4 N–H and O–H groups in total. The fourth-order valence-corrected chi connectivity index (χ4v) is 4.96. The average Bonchev–Trinajstić information content (AvgIpc) is 2.97. The van der Waals surface area contributed by atoms with Gasteiger partial charge in [0.1, 0.15) is 12.4 Å². The van der Waals surface area contributed by atoms with E-state index in [1.165, 1.54) is 17.7 Å². The van der Waals surface area contributed by atoms with Crippen LogP contribution in [0.5, 0.6) is 5.75 Å². The van der Waals surface area contributed by atoms with Crippen molar-refractivity contribution < 1.29 is 22.7 Å². The molecule has 0 radical (unpaired) electrons. The number of halogens is 4. The molecule has 11 heteroatoms. The number of piperazine rings is 1. The van der Waals surface area contributed by atoms with Crippen LogP contribution < -0.4 is 16.3 Å². The van der Waals surface area contributed by atoms with E-state index in [1.54, 1.807) is 0 Å². The van der Waals surface area contributed by atoms with Gasteiger partial charge >= 0.3 is 12.2 Å². The third kappa shape index (κ3) is 8.63. The molecule has 1 saturated heterocycles. The van der Waals surface area contributed by atoms with Gasteiger partial charge in [0.25, 0.3) is 0 Å². The first-order valence-corrected chi connectivity index (χ1v) is 13.9. The van der Waals surface area contributed by atoms with E-state index in [1.807, 2.05) is 42.5 Å². The Hall–Kier alpha value is -3.75. The van der Waals surface area contributed by atoms with Gasteiger partial charge in [0.05, 0.1) is 11.6 Å². The Morgan fingerprint density at radius 1 is 1.00 bits per heavy atom. The summed E-state index contributed by atoms with van der Waals surface area (Å²) < 4.78 is 47.0. The van der Waals surface area contributed by atoms with E-state index in [0.717, 1.165) is 42.8 Å². The Bertz CT molecular complexity index is 1390. The van der Waals surface area contributed by atoms with Crippen LogP contribution in [0.3, 0.4) is 0 Å². The van der Waals surface area contributed by atoms with Crippen molar-refractivity contribution in [2.45, 2.75) is 18.6 Å². The SMILES string of the molecule is NC(=O)N(N)CCC#Cc1ccc(OCCN2CCN([C@H](c3ccccc3)c3ccc(Cl)cc3)CC2)c(C(F)(F)F)c1. The molecule has 7 nitrogen and oxygen atoms in total. The lowest BCUT2D eigenvalue weighted by Crippen LogP contribution is -2.48. The second-order valence-corrected chi connectivity index (χ2v) is 10.3. The molecule has 42 heavy (non-hydrogen) atoms. The molecule has 222 valence electrons. The molecule has 0 unspecified atom stereocenters. The molecule has 0 spiro atoms. The molecule has 0 aliphatic carbocycles. The van der Waals surface area contributed by atoms with Crippen molar-refractivity contribution >= 4 is 17.6 Å². The van der Waals surface area contributed by atoms with Gasteiger partial charge in [0.15, 0.2) is 0 Å². The van der Waals surface area contributed by atoms with E-state index in [4.69, 9.17) is 27.9 Å². The van der Waals surface area contributed by atoms with E-state index < -0.39 is 17.8 Å². The minimum atomic E-state index is -4.60. The zero-order valence-corrected chi connectivity index (χ0v) is 23.7. The smallest absolute Gasteiger partial charge is 0.420 e. The maximum absolute atomic E-state index is 13.8. The van der Waals surface area contributed by atoms with Gasteiger partial charge in [-0.05, 0) is 41.5 Å². The zero-order chi connectivity index (χ0) is 30.1. The molecular weight excluding hydrogens is 567 g/mol. The summed E-state index contributed by atoms with van der Waals surface area (Å²) in [6, 6.07) is 21.2. The number of ether oxygens (including phenoxy) is 1. The fraction of sp³-hybridized carbons (Fsp3) is 0.323. The van der Waals surface area contributed by atoms with Crippen LogP contribution in [0.4, 0.5) is 18.0 Å². The second-order valence-electron chi connectivity index (χ2n) is 9.88. The fourth-order valence-electron chi connectivity index (χ4n) is 4.83. The standard InChI is InChI=1S/C31H33ClF3N5O2/c32-26-12-10-25(11-13-26)29(24-7-2-1-3-8-24)39-18-16-38(17-19-39)20-21-42-28-14-9-23(22-27(28)31(33,34)35)6-4-5-15-40(37)30(36)41/h1-3,7-14,22,29H,5,15-21,37H2,(H2,36,41)/t29-/m1/s1. The Kier molecular flexibility index (Phi) is 10.7. The van der Waals surface area contributed by atoms with Gasteiger partial charge in [-0.2, -0.15) is 13.2 Å². The molecule has 1 atom stereocenters. The Labute approximate surface area is 248 Å². The van der Waals surface area contributed by atoms with Crippen LogP contribution in [-0.4, -0.2) is 66.7 Å². The van der Waals surface area contributed by atoms with Crippen molar-refractivity contribution in [3.05, 3.63) is 100 Å². The zero-order valence-electron chi connectivity index (χ0n) is 23.0. The number of alkyl halides is 3. The Morgan fingerprint density at radius 2 is 1.67 bits per heavy atom. The highest BCUT2D eigenvalue weighted by molar-refractivity contribution is 6.30. The normalized spacial score (nSPS) is 15.0. The summed E-state index contributed by atoms with van der Waals surface area (Å²) >= 11 is 6.13. The molecule has 1 aliphatic heterocycles. The summed E-state index contributed by atoms with van der Waals surface area (Å²) in [5.41, 5.74) is 6.68. The molecule has 0 saturated carbocycles. The summed E-state index contributed by atoms with van der Waals surface area (Å²) in [6.45, 7) is 3.80. The Morgan fingerprint density at radius 3 is 2.31 bits per heavy atom. The summed E-state index contributed by atoms with van der Waals surface area (Å²) in [4.78, 5) is 15.5. The van der Waals surface area contributed by atoms with Crippen LogP contribution in [0, 0.1) is 11.8 Å². The predicted molar refractivity (Wildman–Crippen MR) is 157 cm³/mol. The van der Waals surface area contributed by atoms with Gasteiger partial charge in [-0.1, -0.05) is 65.9 Å². The largest absolute Gasteiger partial charge is 0.492 e. The van der Waals surface area contributed by atoms with E-state index >= 15 is 0 Å². The van der Waals surface area contributed by atoms with Crippen LogP contribution >= 0.6 is 11.6 Å². The number of hydrazine groups is 1. The number of hydrogen-bond acceptors (Lipinski definition) is 5. The highest BCUT2D eigenvalue weighted by Gasteiger charge is 2.35. The third-order valence-electron chi connectivity index (χ3n) is 7.02. The molecule has 4 rings (SSSR count). The van der Waals surface area contributed by atoms with Crippen LogP contribution in [-0.2, 0) is 6.18 Å². The molecule has 0 bridgehead atoms. The van der Waals surface area contributed by atoms with E-state index in [9.17, 15) is 18.0 Å². The maximum atomic E-state index is 13.8. The number of nitrogens with two attached hydrogens (primary N) is 2. The first kappa shape index (κ1) is 31.2. The molecule has 0 aromatic heterocycles. The topological polar surface area (TPSA) is 88.1 Å². The quantitative estimate of drug-likeness (QED) is 0.154. The highest BCUT2D eigenvalue weighted by atomic mass is 35.5. The van der Waals surface area contributed by atoms with Gasteiger partial charge in [0.2, 0.25) is 0 Å². The Balaban J connectivity index is 1.33. The van der Waals surface area contributed by atoms with Crippen molar-refractivity contribution in [1.29, 1.82) is 0 Å². The van der Waals surface area contributed by atoms with Gasteiger partial charge in [0, 0.05) is 56.3 Å². The van der Waals surface area contributed by atoms with Crippen LogP contribution in [0.1, 0.15) is 34.7 Å². The first-order valence-electron chi connectivity index (χ1n) is 13.5. The number of nitrogens with zero attached hydrogens (tertiary/aromatic N) is 3. The lowest BCUT2D eigenvalue weighted by molar-refractivity contribution is -0.139. The lowest BCUT2D eigenvalue weighted by atomic mass is 9.96. The molecule has 1 fully saturated rings. The number of hydrogen-bond donors (Lipinski definition) is 2. The number of carbonyl (C=O) groups is 1. The van der Waals surface area contributed by atoms with Crippen LogP contribution in [0.25, 0.3) is 0 Å². The first-order chi connectivity index (χ1) is 20.1. The molecule has 1 heterocycles. The minimum absolute atomic E-state index is 0.0674. The van der Waals surface area contributed by atoms with Gasteiger partial charge < -0.3 is 10.5 Å². The molecule has 2 amide bonds. The van der Waals surface area contributed by atoms with Gasteiger partial charge in [-0.3, -0.25) is 14.8 Å². The monoisotopic (exact) mass is 599 g/mol. The van der Waals surface area contributed by atoms with Crippen molar-refractivity contribution in [2.75, 3.05) is 45.9 Å². The predicted octanol–water partition coefficient (Wildman–Crippen LogP) is 5.14. The molecule has 3 aromatic rings. The summed E-state index contributed by atoms with van der Waals surface area (Å²) in [5, 5.41) is 1.47. The van der Waals surface area contributed by atoms with Crippen molar-refractivity contribution in [1.82, 2.24) is 14.8 Å². The van der Waals surface area contributed by atoms with Crippen molar-refractivity contribution in [3.63, 3.8) is 0 Å². The summed E-state index contributed by atoms with van der Waals surface area (Å²) in [6.07, 6.45) is -4.44. The lowest BCUT2D eigenvalue weighted by Gasteiger charge is -2.39. The van der Waals surface area contributed by atoms with Crippen molar-refractivity contribution in [2.24, 2.45) is 11.6 Å². The summed E-state index contributed by atoms with van der Waals surface area (Å²) in [7, 11) is 0. The minimum Gasteiger partial charge on any atom is -0.492 e. The maximum Gasteiger partial charge on any atom is 0.420 e. The molecule has 3 aromatic carbocycles. The average molecular weight is 600 g/mol. The van der Waals surface area contributed by atoms with Crippen LogP contribution in [0.2, 0.25) is 5.02 Å². The summed E-state index contributed by atoms with van der Waals surface area (Å²) in [5.74, 6) is 10.5. The number of carbonyl (C=O) groups excluding carboxylic acids is 1. The molecular formula is C31H33ClF3N5O2. The number of urea groups is 1. The second kappa shape index (κ2) is 14.4. The number of amides is 2. The van der Waals surface area contributed by atoms with Crippen LogP contribution in [0.15, 0.2) is 72.8 Å². The van der Waals surface area contributed by atoms with E-state index in [0.29, 0.717) is 11.6 Å². The number of benzene rings is 3. The van der Waals surface area contributed by atoms with E-state index in [2.05, 4.69) is 33.8 Å².